The van der Waals surface area contributed by atoms with Crippen LogP contribution in [-0.4, -0.2) is 36.4 Å². The van der Waals surface area contributed by atoms with Crippen molar-refractivity contribution in [1.82, 2.24) is 10.6 Å². The Balaban J connectivity index is 2.24. The highest BCUT2D eigenvalue weighted by atomic mass is 35.5. The number of nitrogens with one attached hydrogen (secondary N) is 2. The summed E-state index contributed by atoms with van der Waals surface area (Å²) in [5, 5.41) is 15.0. The Morgan fingerprint density at radius 2 is 2.00 bits per heavy atom. The lowest BCUT2D eigenvalue weighted by molar-refractivity contribution is 0.205. The number of aliphatic hydroxyl groups is 1. The molecule has 6 heteroatoms. The topological polar surface area (TPSA) is 70.6 Å². The van der Waals surface area contributed by atoms with E-state index in [1.165, 1.54) is 0 Å². The molecule has 0 aliphatic rings. The number of hydrogen-bond acceptors (Lipinski definition) is 3. The predicted octanol–water partition coefficient (Wildman–Crippen LogP) is 2.57. The molecule has 0 aliphatic carbocycles. The molecule has 0 heterocycles. The number of carbonyl (C=O) groups is 1. The zero-order chi connectivity index (χ0) is 15.7. The second kappa shape index (κ2) is 9.47. The van der Waals surface area contributed by atoms with Crippen LogP contribution in [0.5, 0.6) is 5.75 Å². The van der Waals surface area contributed by atoms with Crippen LogP contribution in [0.1, 0.15) is 26.7 Å². The maximum absolute atomic E-state index is 11.7. The molecule has 1 rings (SSSR count). The van der Waals surface area contributed by atoms with Crippen molar-refractivity contribution in [2.75, 3.05) is 13.2 Å². The van der Waals surface area contributed by atoms with Gasteiger partial charge in [-0.2, -0.15) is 0 Å². The number of carbonyl (C=O) groups excluding carboxylic acids is 1. The van der Waals surface area contributed by atoms with Crippen molar-refractivity contribution < 1.29 is 14.6 Å². The molecule has 0 bridgehead atoms. The third-order valence-corrected chi connectivity index (χ3v) is 3.13. The van der Waals surface area contributed by atoms with Gasteiger partial charge in [-0.25, -0.2) is 4.79 Å². The van der Waals surface area contributed by atoms with Crippen molar-refractivity contribution in [2.45, 2.75) is 38.8 Å². The molecule has 118 valence electrons. The smallest absolute Gasteiger partial charge is 0.315 e. The van der Waals surface area contributed by atoms with Crippen molar-refractivity contribution in [3.8, 4) is 5.75 Å². The van der Waals surface area contributed by atoms with Gasteiger partial charge in [-0.3, -0.25) is 0 Å². The molecule has 2 amide bonds. The molecule has 0 spiro atoms. The Hall–Kier alpha value is -1.46. The number of aliphatic hydroxyl groups excluding tert-OH is 1. The van der Waals surface area contributed by atoms with Crippen molar-refractivity contribution in [1.29, 1.82) is 0 Å². The molecule has 3 N–H and O–H groups in total. The van der Waals surface area contributed by atoms with E-state index in [0.29, 0.717) is 23.7 Å². The summed E-state index contributed by atoms with van der Waals surface area (Å²) in [5.74, 6) is 0.713. The van der Waals surface area contributed by atoms with Crippen LogP contribution in [0.3, 0.4) is 0 Å². The molecule has 0 saturated heterocycles. The maximum Gasteiger partial charge on any atom is 0.315 e. The van der Waals surface area contributed by atoms with Gasteiger partial charge >= 0.3 is 6.03 Å². The van der Waals surface area contributed by atoms with Crippen molar-refractivity contribution in [2.24, 2.45) is 0 Å². The Morgan fingerprint density at radius 1 is 1.33 bits per heavy atom. The van der Waals surface area contributed by atoms with E-state index in [2.05, 4.69) is 10.6 Å². The summed E-state index contributed by atoms with van der Waals surface area (Å²) in [7, 11) is 0. The first-order valence-corrected chi connectivity index (χ1v) is 7.46. The highest BCUT2D eigenvalue weighted by Gasteiger charge is 2.09. The van der Waals surface area contributed by atoms with Gasteiger partial charge in [-0.15, -0.1) is 0 Å². The number of rotatable bonds is 8. The largest absolute Gasteiger partial charge is 0.489 e. The number of urea groups is 1. The lowest BCUT2D eigenvalue weighted by Crippen LogP contribution is -2.44. The summed E-state index contributed by atoms with van der Waals surface area (Å²) >= 11 is 5.80. The second-order valence-electron chi connectivity index (χ2n) is 5.00. The summed E-state index contributed by atoms with van der Waals surface area (Å²) in [6, 6.07) is 6.89. The van der Waals surface area contributed by atoms with Gasteiger partial charge in [0.1, 0.15) is 11.9 Å². The molecule has 1 aromatic rings. The number of amides is 2. The first-order chi connectivity index (χ1) is 10.0. The van der Waals surface area contributed by atoms with Gasteiger partial charge in [0.15, 0.2) is 0 Å². The summed E-state index contributed by atoms with van der Waals surface area (Å²) in [6.07, 6.45) is 1.28. The van der Waals surface area contributed by atoms with E-state index in [1.807, 2.05) is 13.8 Å². The minimum Gasteiger partial charge on any atom is -0.489 e. The predicted molar refractivity (Wildman–Crippen MR) is 83.9 cm³/mol. The SMILES string of the molecule is CC(CCCO)NC(=O)NCC(C)Oc1ccc(Cl)cc1. The zero-order valence-corrected chi connectivity index (χ0v) is 13.2. The van der Waals surface area contributed by atoms with Crippen molar-refractivity contribution in [3.05, 3.63) is 29.3 Å². The van der Waals surface area contributed by atoms with Gasteiger partial charge in [-0.1, -0.05) is 11.6 Å². The molecule has 0 aromatic heterocycles. The zero-order valence-electron chi connectivity index (χ0n) is 12.4. The van der Waals surface area contributed by atoms with Crippen LogP contribution in [0.2, 0.25) is 5.02 Å². The fourth-order valence-electron chi connectivity index (χ4n) is 1.77. The molecule has 0 fully saturated rings. The van der Waals surface area contributed by atoms with Gasteiger partial charge in [0.2, 0.25) is 0 Å². The van der Waals surface area contributed by atoms with Crippen LogP contribution in [0.15, 0.2) is 24.3 Å². The van der Waals surface area contributed by atoms with Crippen LogP contribution >= 0.6 is 11.6 Å². The number of benzene rings is 1. The fourth-order valence-corrected chi connectivity index (χ4v) is 1.89. The Bertz CT molecular complexity index is 425. The molecule has 5 nitrogen and oxygen atoms in total. The minimum absolute atomic E-state index is 0.0321. The molecule has 0 radical (unpaired) electrons. The summed E-state index contributed by atoms with van der Waals surface area (Å²) < 4.78 is 5.66. The van der Waals surface area contributed by atoms with E-state index in [1.54, 1.807) is 24.3 Å². The van der Waals surface area contributed by atoms with Crippen LogP contribution in [-0.2, 0) is 0 Å². The highest BCUT2D eigenvalue weighted by Crippen LogP contribution is 2.16. The third-order valence-electron chi connectivity index (χ3n) is 2.87. The maximum atomic E-state index is 11.7. The van der Waals surface area contributed by atoms with E-state index in [0.717, 1.165) is 6.42 Å². The molecule has 21 heavy (non-hydrogen) atoms. The lowest BCUT2D eigenvalue weighted by Gasteiger charge is -2.18. The second-order valence-corrected chi connectivity index (χ2v) is 5.44. The summed E-state index contributed by atoms with van der Waals surface area (Å²) in [4.78, 5) is 11.7. The van der Waals surface area contributed by atoms with E-state index in [-0.39, 0.29) is 24.8 Å². The average Bonchev–Trinajstić information content (AvgIpc) is 2.45. The van der Waals surface area contributed by atoms with Gasteiger partial charge < -0.3 is 20.5 Å². The van der Waals surface area contributed by atoms with Crippen molar-refractivity contribution in [3.63, 3.8) is 0 Å². The van der Waals surface area contributed by atoms with E-state index < -0.39 is 0 Å². The molecular formula is C15H23ClN2O3. The molecule has 0 aliphatic heterocycles. The summed E-state index contributed by atoms with van der Waals surface area (Å²) in [6.45, 7) is 4.33. The number of ether oxygens (including phenoxy) is 1. The highest BCUT2D eigenvalue weighted by molar-refractivity contribution is 6.30. The minimum atomic E-state index is -0.230. The molecule has 2 atom stereocenters. The Kier molecular flexibility index (Phi) is 7.93. The number of halogens is 1. The molecule has 2 unspecified atom stereocenters. The van der Waals surface area contributed by atoms with Crippen LogP contribution < -0.4 is 15.4 Å². The third kappa shape index (κ3) is 7.78. The molecule has 1 aromatic carbocycles. The van der Waals surface area contributed by atoms with Gasteiger partial charge in [0.25, 0.3) is 0 Å². The lowest BCUT2D eigenvalue weighted by atomic mass is 10.2. The first-order valence-electron chi connectivity index (χ1n) is 7.08. The van der Waals surface area contributed by atoms with Crippen LogP contribution in [0.4, 0.5) is 4.79 Å². The van der Waals surface area contributed by atoms with Crippen molar-refractivity contribution >= 4 is 17.6 Å². The average molecular weight is 315 g/mol. The Labute approximate surface area is 130 Å². The first kappa shape index (κ1) is 17.6. The van der Waals surface area contributed by atoms with Gasteiger partial charge in [0.05, 0.1) is 6.54 Å². The van der Waals surface area contributed by atoms with E-state index in [4.69, 9.17) is 21.4 Å². The normalized spacial score (nSPS) is 13.3. The molecule has 0 saturated carbocycles. The number of hydrogen-bond donors (Lipinski definition) is 3. The summed E-state index contributed by atoms with van der Waals surface area (Å²) in [5.41, 5.74) is 0. The van der Waals surface area contributed by atoms with E-state index in [9.17, 15) is 4.79 Å². The van der Waals surface area contributed by atoms with Gasteiger partial charge in [-0.05, 0) is 51.0 Å². The van der Waals surface area contributed by atoms with E-state index >= 15 is 0 Å². The fraction of sp³-hybridized carbons (Fsp3) is 0.533. The monoisotopic (exact) mass is 314 g/mol. The molecular weight excluding hydrogens is 292 g/mol. The standard InChI is InChI=1S/C15H23ClN2O3/c1-11(4-3-9-19)18-15(20)17-10-12(2)21-14-7-5-13(16)6-8-14/h5-8,11-12,19H,3-4,9-10H2,1-2H3,(H2,17,18,20). The van der Waals surface area contributed by atoms with Crippen LogP contribution in [0, 0.1) is 0 Å². The van der Waals surface area contributed by atoms with Gasteiger partial charge in [0, 0.05) is 17.7 Å². The Morgan fingerprint density at radius 3 is 2.62 bits per heavy atom. The quantitative estimate of drug-likeness (QED) is 0.690. The van der Waals surface area contributed by atoms with Crippen LogP contribution in [0.25, 0.3) is 0 Å².